The molecule has 14 heavy (non-hydrogen) atoms. The van der Waals surface area contributed by atoms with Gasteiger partial charge in [0.1, 0.15) is 5.75 Å². The van der Waals surface area contributed by atoms with Crippen LogP contribution in [0.2, 0.25) is 0 Å². The first-order valence-electron chi connectivity index (χ1n) is 3.92. The summed E-state index contributed by atoms with van der Waals surface area (Å²) in [5.74, 6) is -1.09. The van der Waals surface area contributed by atoms with Crippen LogP contribution in [0, 0.1) is 6.42 Å². The van der Waals surface area contributed by atoms with Crippen LogP contribution in [0.3, 0.4) is 0 Å². The SMILES string of the molecule is COC(=O)[CH]C(=O)Oc1ccccc1. The molecule has 0 saturated heterocycles. The lowest BCUT2D eigenvalue weighted by Gasteiger charge is -2.01. The highest BCUT2D eigenvalue weighted by Gasteiger charge is 2.12. The molecule has 4 nitrogen and oxygen atoms in total. The fourth-order valence-electron chi connectivity index (χ4n) is 0.789. The summed E-state index contributed by atoms with van der Waals surface area (Å²) in [4.78, 5) is 21.6. The van der Waals surface area contributed by atoms with Gasteiger partial charge < -0.3 is 9.47 Å². The summed E-state index contributed by atoms with van der Waals surface area (Å²) in [6.45, 7) is 0. The summed E-state index contributed by atoms with van der Waals surface area (Å²) < 4.78 is 9.05. The molecule has 0 aliphatic heterocycles. The van der Waals surface area contributed by atoms with Crippen LogP contribution in [-0.4, -0.2) is 19.0 Å². The second-order valence-electron chi connectivity index (χ2n) is 2.40. The third-order valence-corrected chi connectivity index (χ3v) is 1.40. The molecule has 1 radical (unpaired) electrons. The van der Waals surface area contributed by atoms with Crippen molar-refractivity contribution >= 4 is 11.9 Å². The van der Waals surface area contributed by atoms with E-state index in [4.69, 9.17) is 4.74 Å². The Morgan fingerprint density at radius 1 is 1.14 bits per heavy atom. The van der Waals surface area contributed by atoms with Gasteiger partial charge in [0.15, 0.2) is 6.42 Å². The Hall–Kier alpha value is -1.84. The molecule has 1 rings (SSSR count). The zero-order valence-corrected chi connectivity index (χ0v) is 7.60. The van der Waals surface area contributed by atoms with Crippen molar-refractivity contribution in [2.75, 3.05) is 7.11 Å². The summed E-state index contributed by atoms with van der Waals surface area (Å²) in [6.07, 6.45) is 0.743. The maximum atomic E-state index is 11.0. The molecule has 0 unspecified atom stereocenters. The second-order valence-corrected chi connectivity index (χ2v) is 2.40. The van der Waals surface area contributed by atoms with E-state index in [0.29, 0.717) is 5.75 Å². The van der Waals surface area contributed by atoms with Crippen molar-refractivity contribution in [2.45, 2.75) is 0 Å². The van der Waals surface area contributed by atoms with E-state index in [9.17, 15) is 9.59 Å². The lowest BCUT2D eigenvalue weighted by atomic mass is 10.3. The monoisotopic (exact) mass is 193 g/mol. The number of methoxy groups -OCH3 is 1. The number of carbonyl (C=O) groups is 2. The van der Waals surface area contributed by atoms with Crippen molar-refractivity contribution in [3.05, 3.63) is 36.8 Å². The maximum absolute atomic E-state index is 11.0. The minimum absolute atomic E-state index is 0.387. The predicted molar refractivity (Wildman–Crippen MR) is 48.4 cm³/mol. The van der Waals surface area contributed by atoms with Gasteiger partial charge in [0.2, 0.25) is 0 Å². The Morgan fingerprint density at radius 3 is 2.36 bits per heavy atom. The Morgan fingerprint density at radius 2 is 1.79 bits per heavy atom. The second kappa shape index (κ2) is 5.01. The highest BCUT2D eigenvalue weighted by Crippen LogP contribution is 2.08. The third-order valence-electron chi connectivity index (χ3n) is 1.40. The van der Waals surface area contributed by atoms with Gasteiger partial charge in [-0.05, 0) is 12.1 Å². The molecule has 0 fully saturated rings. The van der Waals surface area contributed by atoms with E-state index >= 15 is 0 Å². The summed E-state index contributed by atoms with van der Waals surface area (Å²) in [5.41, 5.74) is 0. The van der Waals surface area contributed by atoms with Crippen molar-refractivity contribution in [3.63, 3.8) is 0 Å². The van der Waals surface area contributed by atoms with E-state index in [1.165, 1.54) is 7.11 Å². The predicted octanol–water partition coefficient (Wildman–Crippen LogP) is 0.969. The Labute approximate surface area is 81.4 Å². The van der Waals surface area contributed by atoms with E-state index < -0.39 is 11.9 Å². The number of carbonyl (C=O) groups excluding carboxylic acids is 2. The van der Waals surface area contributed by atoms with Gasteiger partial charge in [-0.3, -0.25) is 9.59 Å². The molecule has 0 amide bonds. The average molecular weight is 193 g/mol. The zero-order valence-electron chi connectivity index (χ0n) is 7.60. The number of hydrogen-bond donors (Lipinski definition) is 0. The van der Waals surface area contributed by atoms with Crippen LogP contribution in [0.25, 0.3) is 0 Å². The van der Waals surface area contributed by atoms with Crippen LogP contribution in [0.1, 0.15) is 0 Å². The van der Waals surface area contributed by atoms with Crippen molar-refractivity contribution in [2.24, 2.45) is 0 Å². The van der Waals surface area contributed by atoms with Gasteiger partial charge in [0, 0.05) is 0 Å². The van der Waals surface area contributed by atoms with Gasteiger partial charge in [0.25, 0.3) is 0 Å². The highest BCUT2D eigenvalue weighted by molar-refractivity contribution is 6.04. The number of para-hydroxylation sites is 1. The minimum atomic E-state index is -0.747. The first-order chi connectivity index (χ1) is 6.72. The molecule has 0 spiro atoms. The molecule has 4 heteroatoms. The van der Waals surface area contributed by atoms with E-state index in [1.807, 2.05) is 0 Å². The average Bonchev–Trinajstić information content (AvgIpc) is 2.19. The number of esters is 2. The molecule has 0 aliphatic rings. The van der Waals surface area contributed by atoms with Crippen LogP contribution in [0.15, 0.2) is 30.3 Å². The molecule has 0 heterocycles. The minimum Gasteiger partial charge on any atom is -0.468 e. The van der Waals surface area contributed by atoms with Gasteiger partial charge in [-0.1, -0.05) is 18.2 Å². The molecule has 0 N–H and O–H groups in total. The summed E-state index contributed by atoms with van der Waals surface area (Å²) >= 11 is 0. The van der Waals surface area contributed by atoms with Crippen LogP contribution in [0.5, 0.6) is 5.75 Å². The van der Waals surface area contributed by atoms with E-state index in [-0.39, 0.29) is 0 Å². The first kappa shape index (κ1) is 10.2. The maximum Gasteiger partial charge on any atom is 0.327 e. The first-order valence-corrected chi connectivity index (χ1v) is 3.92. The van der Waals surface area contributed by atoms with Gasteiger partial charge in [-0.25, -0.2) is 0 Å². The molecular formula is C10H9O4. The van der Waals surface area contributed by atoms with Crippen molar-refractivity contribution in [3.8, 4) is 5.75 Å². The molecule has 0 aromatic heterocycles. The molecule has 0 aliphatic carbocycles. The smallest absolute Gasteiger partial charge is 0.327 e. The highest BCUT2D eigenvalue weighted by atomic mass is 16.5. The van der Waals surface area contributed by atoms with Crippen molar-refractivity contribution in [1.29, 1.82) is 0 Å². The molecule has 1 aromatic carbocycles. The molecule has 0 bridgehead atoms. The fourth-order valence-corrected chi connectivity index (χ4v) is 0.789. The van der Waals surface area contributed by atoms with Crippen LogP contribution in [0.4, 0.5) is 0 Å². The summed E-state index contributed by atoms with van der Waals surface area (Å²) in [7, 11) is 1.19. The normalized spacial score (nSPS) is 9.21. The zero-order chi connectivity index (χ0) is 10.4. The van der Waals surface area contributed by atoms with Crippen LogP contribution < -0.4 is 4.74 Å². The van der Waals surface area contributed by atoms with E-state index in [0.717, 1.165) is 6.42 Å². The van der Waals surface area contributed by atoms with Gasteiger partial charge >= 0.3 is 11.9 Å². The third kappa shape index (κ3) is 3.26. The number of hydrogen-bond acceptors (Lipinski definition) is 4. The molecule has 73 valence electrons. The molecule has 0 saturated carbocycles. The number of rotatable bonds is 3. The topological polar surface area (TPSA) is 52.6 Å². The van der Waals surface area contributed by atoms with Crippen molar-refractivity contribution < 1.29 is 19.1 Å². The number of ether oxygens (including phenoxy) is 2. The molecular weight excluding hydrogens is 184 g/mol. The number of benzene rings is 1. The standard InChI is InChI=1S/C10H9O4/c1-13-9(11)7-10(12)14-8-5-3-2-4-6-8/h2-7H,1H3. The summed E-state index contributed by atoms with van der Waals surface area (Å²) in [6, 6.07) is 8.47. The molecule has 1 aromatic rings. The van der Waals surface area contributed by atoms with E-state index in [1.54, 1.807) is 30.3 Å². The fraction of sp³-hybridized carbons (Fsp3) is 0.100. The Kier molecular flexibility index (Phi) is 3.67. The van der Waals surface area contributed by atoms with Crippen molar-refractivity contribution in [1.82, 2.24) is 0 Å². The Bertz CT molecular complexity index is 318. The Balaban J connectivity index is 2.46. The van der Waals surface area contributed by atoms with Crippen LogP contribution >= 0.6 is 0 Å². The van der Waals surface area contributed by atoms with E-state index in [2.05, 4.69) is 4.74 Å². The lowest BCUT2D eigenvalue weighted by Crippen LogP contribution is -2.15. The molecule has 0 atom stereocenters. The largest absolute Gasteiger partial charge is 0.468 e. The van der Waals surface area contributed by atoms with Gasteiger partial charge in [-0.15, -0.1) is 0 Å². The van der Waals surface area contributed by atoms with Gasteiger partial charge in [-0.2, -0.15) is 0 Å². The van der Waals surface area contributed by atoms with Gasteiger partial charge in [0.05, 0.1) is 7.11 Å². The van der Waals surface area contributed by atoms with Crippen LogP contribution in [-0.2, 0) is 14.3 Å². The lowest BCUT2D eigenvalue weighted by molar-refractivity contribution is -0.141. The quantitative estimate of drug-likeness (QED) is 0.407. The summed E-state index contributed by atoms with van der Waals surface area (Å²) in [5, 5.41) is 0.